The van der Waals surface area contributed by atoms with E-state index in [1.807, 2.05) is 0 Å². The van der Waals surface area contributed by atoms with Crippen LogP contribution in [-0.2, 0) is 0 Å². The molecule has 85 heavy (non-hydrogen) atoms. The molecule has 12 aromatic carbocycles. The smallest absolute Gasteiger partial charge is 0.252 e. The van der Waals surface area contributed by atoms with Gasteiger partial charge in [-0.05, 0) is 134 Å². The van der Waals surface area contributed by atoms with E-state index in [2.05, 4.69) is 320 Å². The van der Waals surface area contributed by atoms with Gasteiger partial charge in [0.15, 0.2) is 0 Å². The van der Waals surface area contributed by atoms with Gasteiger partial charge >= 0.3 is 0 Å². The Labute approximate surface area is 499 Å². The highest BCUT2D eigenvalue weighted by Crippen LogP contribution is 2.55. The van der Waals surface area contributed by atoms with Gasteiger partial charge in [-0.3, -0.25) is 0 Å². The Morgan fingerprint density at radius 2 is 0.776 bits per heavy atom. The van der Waals surface area contributed by atoms with Crippen molar-refractivity contribution in [1.29, 1.82) is 0 Å². The molecule has 406 valence electrons. The summed E-state index contributed by atoms with van der Waals surface area (Å²) in [5.74, 6) is 0.887. The number of aromatic nitrogens is 1. The third-order valence-electron chi connectivity index (χ3n) is 18.7. The molecule has 3 aliphatic rings. The number of para-hydroxylation sites is 4. The summed E-state index contributed by atoms with van der Waals surface area (Å²) in [5, 5.41) is 2.50. The van der Waals surface area contributed by atoms with Crippen molar-refractivity contribution < 1.29 is 0 Å². The van der Waals surface area contributed by atoms with E-state index in [0.29, 0.717) is 11.8 Å². The number of rotatable bonds is 9. The predicted octanol–water partition coefficient (Wildman–Crippen LogP) is 20.1. The Kier molecular flexibility index (Phi) is 12.2. The fraction of sp³-hybridized carbons (Fsp3) is 0.111. The van der Waals surface area contributed by atoms with Gasteiger partial charge < -0.3 is 14.4 Å². The quantitative estimate of drug-likeness (QED) is 0.133. The van der Waals surface area contributed by atoms with Gasteiger partial charge in [0.1, 0.15) is 0 Å². The molecule has 0 amide bonds. The topological polar surface area (TPSA) is 11.4 Å². The minimum Gasteiger partial charge on any atom is -0.310 e. The summed E-state index contributed by atoms with van der Waals surface area (Å²) in [6.07, 6.45) is 3.44. The summed E-state index contributed by atoms with van der Waals surface area (Å²) in [6.45, 7) is 7.36. The van der Waals surface area contributed by atoms with Crippen LogP contribution in [0.4, 0.5) is 34.1 Å². The van der Waals surface area contributed by atoms with Crippen molar-refractivity contribution in [3.05, 3.63) is 291 Å². The first-order valence-corrected chi connectivity index (χ1v) is 30.4. The number of hydrogen-bond acceptors (Lipinski definition) is 2. The van der Waals surface area contributed by atoms with Gasteiger partial charge in [0, 0.05) is 61.5 Å². The van der Waals surface area contributed by atoms with Crippen LogP contribution in [0.3, 0.4) is 0 Å². The number of benzene rings is 12. The minimum absolute atomic E-state index is 0.136. The van der Waals surface area contributed by atoms with Crippen molar-refractivity contribution >= 4 is 79.0 Å². The van der Waals surface area contributed by atoms with Gasteiger partial charge in [0.2, 0.25) is 0 Å². The Hall–Kier alpha value is -9.90. The molecule has 1 aliphatic carbocycles. The number of hydrogen-bond donors (Lipinski definition) is 0. The Balaban J connectivity index is 1.08. The largest absolute Gasteiger partial charge is 0.310 e. The highest BCUT2D eigenvalue weighted by atomic mass is 15.2. The number of nitrogens with zero attached hydrogens (tertiary/aromatic N) is 3. The zero-order chi connectivity index (χ0) is 56.8. The van der Waals surface area contributed by atoms with Crippen LogP contribution in [0, 0.1) is 11.3 Å². The lowest BCUT2D eigenvalue weighted by atomic mass is 9.33. The Bertz CT molecular complexity index is 4520. The fourth-order valence-corrected chi connectivity index (χ4v) is 15.4. The first-order chi connectivity index (χ1) is 41.8. The average molecular weight is 1090 g/mol. The van der Waals surface area contributed by atoms with Crippen molar-refractivity contribution in [1.82, 2.24) is 4.57 Å². The fourth-order valence-electron chi connectivity index (χ4n) is 15.4. The van der Waals surface area contributed by atoms with Gasteiger partial charge in [0.05, 0.1) is 22.4 Å². The van der Waals surface area contributed by atoms with Gasteiger partial charge in [-0.25, -0.2) is 0 Å². The molecule has 0 spiro atoms. The highest BCUT2D eigenvalue weighted by molar-refractivity contribution is 7.00. The molecule has 13 aromatic rings. The molecule has 2 aliphatic heterocycles. The first-order valence-electron chi connectivity index (χ1n) is 30.4. The first kappa shape index (κ1) is 50.8. The van der Waals surface area contributed by atoms with Gasteiger partial charge in [-0.2, -0.15) is 0 Å². The number of fused-ring (bicyclic) bond motifs is 7. The van der Waals surface area contributed by atoms with Crippen LogP contribution in [0.25, 0.3) is 83.1 Å². The second kappa shape index (κ2) is 20.5. The summed E-state index contributed by atoms with van der Waals surface area (Å²) in [6, 6.07) is 107. The van der Waals surface area contributed by atoms with Gasteiger partial charge in [-0.15, -0.1) is 0 Å². The molecule has 0 N–H and O–H groups in total. The zero-order valence-corrected chi connectivity index (χ0v) is 48.3. The van der Waals surface area contributed by atoms with Crippen molar-refractivity contribution in [2.75, 3.05) is 9.80 Å². The van der Waals surface area contributed by atoms with E-state index < -0.39 is 0 Å². The van der Waals surface area contributed by atoms with E-state index in [1.54, 1.807) is 0 Å². The summed E-state index contributed by atoms with van der Waals surface area (Å²) in [4.78, 5) is 5.45. The third kappa shape index (κ3) is 8.56. The molecule has 0 bridgehead atoms. The van der Waals surface area contributed by atoms with E-state index in [-0.39, 0.29) is 12.1 Å². The van der Waals surface area contributed by atoms with Crippen LogP contribution in [-0.4, -0.2) is 11.3 Å². The molecule has 1 aromatic heterocycles. The second-order valence-electron chi connectivity index (χ2n) is 24.8. The molecular formula is C81H64BN3. The molecule has 16 rings (SSSR count). The Morgan fingerprint density at radius 1 is 0.365 bits per heavy atom. The van der Waals surface area contributed by atoms with Crippen molar-refractivity contribution in [3.63, 3.8) is 0 Å². The molecule has 3 nitrogen and oxygen atoms in total. The lowest BCUT2D eigenvalue weighted by molar-refractivity contribution is 0.168. The summed E-state index contributed by atoms with van der Waals surface area (Å²) < 4.78 is 2.50. The van der Waals surface area contributed by atoms with E-state index >= 15 is 0 Å². The van der Waals surface area contributed by atoms with Crippen LogP contribution in [0.1, 0.15) is 51.5 Å². The maximum atomic E-state index is 2.73. The van der Waals surface area contributed by atoms with Gasteiger partial charge in [0.25, 0.3) is 6.71 Å². The lowest BCUT2D eigenvalue weighted by Gasteiger charge is -2.47. The minimum atomic E-state index is -0.136. The normalized spacial score (nSPS) is 15.8. The molecule has 1 fully saturated rings. The average Bonchev–Trinajstić information content (AvgIpc) is 1.21. The standard InChI is InChI=1S/C81H64BN3/c1-54-47-62(53-81(2,3)52-54)61-49-76-78-77(50-61)85(80-66(58-31-15-7-16-32-58)39-24-40-67(80)59-33-17-8-18-34-59)75-51-63(83-72-41-21-19-35-68(72)69-36-20-22-42-73(69)83)44-46-71(75)82(78)70-45-43-60(55-25-9-4-10-26-55)48-74(70)84(76)79-64(56-27-11-5-12-28-56)37-23-38-65(79)57-29-13-6-14-30-57/h4-46,48-51,54,62H,47,52-53H2,1-3H3. The molecule has 2 atom stereocenters. The highest BCUT2D eigenvalue weighted by Gasteiger charge is 2.46. The monoisotopic (exact) mass is 1090 g/mol. The molecule has 0 saturated heterocycles. The molecule has 2 unspecified atom stereocenters. The van der Waals surface area contributed by atoms with E-state index in [4.69, 9.17) is 0 Å². The predicted molar refractivity (Wildman–Crippen MR) is 362 cm³/mol. The van der Waals surface area contributed by atoms with Gasteiger partial charge in [-0.1, -0.05) is 263 Å². The SMILES string of the molecule is CC1CC(c2cc3c4c(c2)N(c2c(-c5ccccc5)cccc2-c2ccccc2)c2cc(-n5c6ccccc6c6ccccc65)ccc2B4c2ccc(-c4ccccc4)cc2N3c2c(-c3ccccc3)cccc2-c2ccccc2)CC(C)(C)C1. The molecular weight excluding hydrogens is 1030 g/mol. The van der Waals surface area contributed by atoms with E-state index in [0.717, 1.165) is 18.5 Å². The van der Waals surface area contributed by atoms with E-state index in [1.165, 1.54) is 140 Å². The Morgan fingerprint density at radius 3 is 1.24 bits per heavy atom. The second-order valence-corrected chi connectivity index (χ2v) is 24.8. The van der Waals surface area contributed by atoms with Crippen molar-refractivity contribution in [3.8, 4) is 61.3 Å². The molecule has 3 heterocycles. The third-order valence-corrected chi connectivity index (χ3v) is 18.7. The van der Waals surface area contributed by atoms with Crippen LogP contribution in [0.5, 0.6) is 0 Å². The summed E-state index contributed by atoms with van der Waals surface area (Å²) in [7, 11) is 0. The molecule has 1 saturated carbocycles. The van der Waals surface area contributed by atoms with Crippen LogP contribution in [0.2, 0.25) is 0 Å². The lowest BCUT2D eigenvalue weighted by Crippen LogP contribution is -2.61. The van der Waals surface area contributed by atoms with E-state index in [9.17, 15) is 0 Å². The van der Waals surface area contributed by atoms with Crippen molar-refractivity contribution in [2.45, 2.75) is 46.0 Å². The zero-order valence-electron chi connectivity index (χ0n) is 48.3. The molecule has 0 radical (unpaired) electrons. The van der Waals surface area contributed by atoms with Crippen LogP contribution < -0.4 is 26.2 Å². The summed E-state index contributed by atoms with van der Waals surface area (Å²) >= 11 is 0. The van der Waals surface area contributed by atoms with Crippen molar-refractivity contribution in [2.24, 2.45) is 11.3 Å². The van der Waals surface area contributed by atoms with Crippen LogP contribution in [0.15, 0.2) is 285 Å². The van der Waals surface area contributed by atoms with Crippen LogP contribution >= 0.6 is 0 Å². The maximum Gasteiger partial charge on any atom is 0.252 e. The maximum absolute atomic E-state index is 2.73. The molecule has 4 heteroatoms. The number of anilines is 6. The summed E-state index contributed by atoms with van der Waals surface area (Å²) in [5.41, 5.74) is 27.9.